The molecule has 2 rings (SSSR count). The first-order valence-electron chi connectivity index (χ1n) is 5.36. The predicted octanol–water partition coefficient (Wildman–Crippen LogP) is 2.80. The fourth-order valence-electron chi connectivity index (χ4n) is 1.78. The third-order valence-electron chi connectivity index (χ3n) is 2.59. The van der Waals surface area contributed by atoms with Crippen molar-refractivity contribution in [1.29, 1.82) is 0 Å². The molecule has 0 amide bonds. The lowest BCUT2D eigenvalue weighted by molar-refractivity contribution is 0.730. The summed E-state index contributed by atoms with van der Waals surface area (Å²) in [6.45, 7) is 5.19. The Morgan fingerprint density at radius 2 is 1.93 bits per heavy atom. The Morgan fingerprint density at radius 1 is 1.20 bits per heavy atom. The lowest BCUT2D eigenvalue weighted by Crippen LogP contribution is -1.93. The first kappa shape index (κ1) is 9.97. The summed E-state index contributed by atoms with van der Waals surface area (Å²) < 4.78 is 2.18. The van der Waals surface area contributed by atoms with E-state index in [4.69, 9.17) is 0 Å². The fraction of sp³-hybridized carbons (Fsp3) is 0.308. The lowest BCUT2D eigenvalue weighted by atomic mass is 10.1. The Bertz CT molecular complexity index is 429. The fourth-order valence-corrected chi connectivity index (χ4v) is 1.78. The van der Waals surface area contributed by atoms with Gasteiger partial charge in [0.25, 0.3) is 0 Å². The van der Waals surface area contributed by atoms with Crippen LogP contribution in [-0.4, -0.2) is 9.55 Å². The van der Waals surface area contributed by atoms with E-state index in [0.717, 1.165) is 24.5 Å². The molecule has 0 N–H and O–H groups in total. The molecule has 0 atom stereocenters. The lowest BCUT2D eigenvalue weighted by Gasteiger charge is -1.97. The monoisotopic (exact) mass is 200 g/mol. The molecule has 2 nitrogen and oxygen atoms in total. The topological polar surface area (TPSA) is 17.8 Å². The number of aryl methyl sites for hydroxylation is 2. The quantitative estimate of drug-likeness (QED) is 0.745. The van der Waals surface area contributed by atoms with Gasteiger partial charge >= 0.3 is 0 Å². The largest absolute Gasteiger partial charge is 0.335 e. The SMILES string of the molecule is CCn1cc(Cc2ccccc2)nc1C. The van der Waals surface area contributed by atoms with Gasteiger partial charge in [0.1, 0.15) is 5.82 Å². The number of aromatic nitrogens is 2. The van der Waals surface area contributed by atoms with E-state index in [9.17, 15) is 0 Å². The summed E-state index contributed by atoms with van der Waals surface area (Å²) >= 11 is 0. The highest BCUT2D eigenvalue weighted by Gasteiger charge is 2.02. The standard InChI is InChI=1S/C13H16N2/c1-3-15-10-13(14-11(15)2)9-12-7-5-4-6-8-12/h4-8,10H,3,9H2,1-2H3. The van der Waals surface area contributed by atoms with Crippen LogP contribution in [0, 0.1) is 6.92 Å². The van der Waals surface area contributed by atoms with Crippen LogP contribution >= 0.6 is 0 Å². The van der Waals surface area contributed by atoms with Gasteiger partial charge in [-0.3, -0.25) is 0 Å². The second kappa shape index (κ2) is 4.30. The molecular formula is C13H16N2. The van der Waals surface area contributed by atoms with Crippen molar-refractivity contribution in [1.82, 2.24) is 9.55 Å². The molecule has 0 saturated carbocycles. The average molecular weight is 200 g/mol. The molecule has 0 unspecified atom stereocenters. The zero-order valence-electron chi connectivity index (χ0n) is 9.27. The van der Waals surface area contributed by atoms with Gasteiger partial charge in [0.15, 0.2) is 0 Å². The maximum absolute atomic E-state index is 4.54. The van der Waals surface area contributed by atoms with E-state index >= 15 is 0 Å². The summed E-state index contributed by atoms with van der Waals surface area (Å²) in [5, 5.41) is 0. The summed E-state index contributed by atoms with van der Waals surface area (Å²) in [5.74, 6) is 1.10. The zero-order chi connectivity index (χ0) is 10.7. The first-order valence-corrected chi connectivity index (χ1v) is 5.36. The molecule has 0 saturated heterocycles. The van der Waals surface area contributed by atoms with Gasteiger partial charge in [-0.05, 0) is 19.4 Å². The van der Waals surface area contributed by atoms with Crippen LogP contribution in [-0.2, 0) is 13.0 Å². The molecule has 0 aliphatic carbocycles. The van der Waals surface area contributed by atoms with Crippen molar-refractivity contribution in [3.05, 3.63) is 53.6 Å². The molecule has 0 fully saturated rings. The molecule has 15 heavy (non-hydrogen) atoms. The molecule has 78 valence electrons. The first-order chi connectivity index (χ1) is 7.29. The summed E-state index contributed by atoms with van der Waals surface area (Å²) in [6.07, 6.45) is 3.07. The third-order valence-corrected chi connectivity index (χ3v) is 2.59. The van der Waals surface area contributed by atoms with Crippen LogP contribution in [0.2, 0.25) is 0 Å². The minimum absolute atomic E-state index is 0.925. The molecular weight excluding hydrogens is 184 g/mol. The van der Waals surface area contributed by atoms with Crippen molar-refractivity contribution >= 4 is 0 Å². The zero-order valence-corrected chi connectivity index (χ0v) is 9.27. The maximum Gasteiger partial charge on any atom is 0.105 e. The summed E-state index contributed by atoms with van der Waals surface area (Å²) in [4.78, 5) is 4.54. The van der Waals surface area contributed by atoms with Gasteiger partial charge in [0.2, 0.25) is 0 Å². The highest BCUT2D eigenvalue weighted by atomic mass is 15.1. The molecule has 1 aromatic heterocycles. The number of hydrogen-bond donors (Lipinski definition) is 0. The predicted molar refractivity (Wildman–Crippen MR) is 61.9 cm³/mol. The van der Waals surface area contributed by atoms with E-state index in [2.05, 4.69) is 53.9 Å². The Hall–Kier alpha value is -1.57. The third kappa shape index (κ3) is 2.27. The van der Waals surface area contributed by atoms with Gasteiger partial charge in [-0.25, -0.2) is 4.98 Å². The second-order valence-corrected chi connectivity index (χ2v) is 3.73. The van der Waals surface area contributed by atoms with Crippen LogP contribution in [0.15, 0.2) is 36.5 Å². The van der Waals surface area contributed by atoms with Crippen LogP contribution in [0.5, 0.6) is 0 Å². The van der Waals surface area contributed by atoms with Crippen LogP contribution < -0.4 is 0 Å². The van der Waals surface area contributed by atoms with Crippen LogP contribution in [0.4, 0.5) is 0 Å². The molecule has 1 aromatic carbocycles. The van der Waals surface area contributed by atoms with Gasteiger partial charge < -0.3 is 4.57 Å². The van der Waals surface area contributed by atoms with Crippen molar-refractivity contribution in [2.75, 3.05) is 0 Å². The normalized spacial score (nSPS) is 10.5. The number of nitrogens with zero attached hydrogens (tertiary/aromatic N) is 2. The smallest absolute Gasteiger partial charge is 0.105 e. The minimum Gasteiger partial charge on any atom is -0.335 e. The molecule has 2 aromatic rings. The van der Waals surface area contributed by atoms with E-state index in [1.54, 1.807) is 0 Å². The highest BCUT2D eigenvalue weighted by molar-refractivity contribution is 5.21. The summed E-state index contributed by atoms with van der Waals surface area (Å²) in [6, 6.07) is 10.5. The average Bonchev–Trinajstić information content (AvgIpc) is 2.60. The van der Waals surface area contributed by atoms with Crippen LogP contribution in [0.25, 0.3) is 0 Å². The Labute approximate surface area is 90.6 Å². The van der Waals surface area contributed by atoms with Gasteiger partial charge in [0, 0.05) is 19.2 Å². The van der Waals surface area contributed by atoms with Crippen LogP contribution in [0.1, 0.15) is 24.0 Å². The molecule has 0 aliphatic heterocycles. The number of imidazole rings is 1. The van der Waals surface area contributed by atoms with E-state index in [-0.39, 0.29) is 0 Å². The van der Waals surface area contributed by atoms with Crippen molar-refractivity contribution in [3.8, 4) is 0 Å². The second-order valence-electron chi connectivity index (χ2n) is 3.73. The van der Waals surface area contributed by atoms with Gasteiger partial charge in [0.05, 0.1) is 5.69 Å². The molecule has 0 aliphatic rings. The van der Waals surface area contributed by atoms with Gasteiger partial charge in [-0.15, -0.1) is 0 Å². The van der Waals surface area contributed by atoms with E-state index < -0.39 is 0 Å². The van der Waals surface area contributed by atoms with E-state index in [0.29, 0.717) is 0 Å². The number of benzene rings is 1. The van der Waals surface area contributed by atoms with Crippen molar-refractivity contribution in [2.45, 2.75) is 26.8 Å². The molecule has 0 bridgehead atoms. The van der Waals surface area contributed by atoms with E-state index in [1.165, 1.54) is 5.56 Å². The molecule has 0 spiro atoms. The summed E-state index contributed by atoms with van der Waals surface area (Å²) in [5.41, 5.74) is 2.47. The Kier molecular flexibility index (Phi) is 2.86. The van der Waals surface area contributed by atoms with Gasteiger partial charge in [-0.2, -0.15) is 0 Å². The number of rotatable bonds is 3. The summed E-state index contributed by atoms with van der Waals surface area (Å²) in [7, 11) is 0. The van der Waals surface area contributed by atoms with Crippen molar-refractivity contribution in [3.63, 3.8) is 0 Å². The van der Waals surface area contributed by atoms with Crippen molar-refractivity contribution in [2.24, 2.45) is 0 Å². The maximum atomic E-state index is 4.54. The molecule has 0 radical (unpaired) electrons. The van der Waals surface area contributed by atoms with Crippen LogP contribution in [0.3, 0.4) is 0 Å². The Morgan fingerprint density at radius 3 is 2.53 bits per heavy atom. The molecule has 1 heterocycles. The van der Waals surface area contributed by atoms with Crippen molar-refractivity contribution < 1.29 is 0 Å². The minimum atomic E-state index is 0.925. The highest BCUT2D eigenvalue weighted by Crippen LogP contribution is 2.09. The van der Waals surface area contributed by atoms with Gasteiger partial charge in [-0.1, -0.05) is 30.3 Å². The molecule has 2 heteroatoms. The number of hydrogen-bond acceptors (Lipinski definition) is 1. The Balaban J connectivity index is 2.18. The van der Waals surface area contributed by atoms with E-state index in [1.807, 2.05) is 6.07 Å².